The normalized spacial score (nSPS) is 10.5. The molecule has 2 rings (SSSR count). The summed E-state index contributed by atoms with van der Waals surface area (Å²) in [4.78, 5) is 25.6. The highest BCUT2D eigenvalue weighted by atomic mass is 16.2. The summed E-state index contributed by atoms with van der Waals surface area (Å²) in [6.45, 7) is 10.4. The number of carbonyl (C=O) groups excluding carboxylic acids is 1. The van der Waals surface area contributed by atoms with Crippen molar-refractivity contribution in [3.05, 3.63) is 41.6 Å². The zero-order valence-electron chi connectivity index (χ0n) is 15.2. The number of benzene rings is 1. The summed E-state index contributed by atoms with van der Waals surface area (Å²) < 4.78 is 0. The third-order valence-corrected chi connectivity index (χ3v) is 4.16. The number of hydrogen-bond donors (Lipinski definition) is 0. The van der Waals surface area contributed by atoms with E-state index in [2.05, 4.69) is 29.8 Å². The van der Waals surface area contributed by atoms with Gasteiger partial charge in [0, 0.05) is 38.4 Å². The molecule has 24 heavy (non-hydrogen) atoms. The summed E-state index contributed by atoms with van der Waals surface area (Å²) in [5.41, 5.74) is 2.68. The molecule has 1 aromatic carbocycles. The molecule has 128 valence electrons. The van der Waals surface area contributed by atoms with E-state index in [1.54, 1.807) is 18.1 Å². The number of aromatic nitrogens is 2. The minimum Gasteiger partial charge on any atom is -0.356 e. The predicted molar refractivity (Wildman–Crippen MR) is 98.4 cm³/mol. The van der Waals surface area contributed by atoms with Crippen molar-refractivity contribution < 1.29 is 4.79 Å². The molecule has 0 aliphatic heterocycles. The maximum Gasteiger partial charge on any atom is 0.258 e. The topological polar surface area (TPSA) is 49.3 Å². The number of anilines is 1. The average Bonchev–Trinajstić information content (AvgIpc) is 2.61. The first-order valence-corrected chi connectivity index (χ1v) is 8.46. The SMILES string of the molecule is CCN(C)C(=O)c1cnc(-c2cccc(C)c2)nc1N(CC)CC. The van der Waals surface area contributed by atoms with Gasteiger partial charge in [0.15, 0.2) is 5.82 Å². The van der Waals surface area contributed by atoms with Crippen molar-refractivity contribution in [2.45, 2.75) is 27.7 Å². The maximum atomic E-state index is 12.7. The number of hydrogen-bond acceptors (Lipinski definition) is 4. The average molecular weight is 326 g/mol. The van der Waals surface area contributed by atoms with Gasteiger partial charge >= 0.3 is 0 Å². The summed E-state index contributed by atoms with van der Waals surface area (Å²) in [5, 5.41) is 0. The monoisotopic (exact) mass is 326 g/mol. The van der Waals surface area contributed by atoms with Crippen molar-refractivity contribution in [2.24, 2.45) is 0 Å². The van der Waals surface area contributed by atoms with E-state index in [4.69, 9.17) is 4.98 Å². The third-order valence-electron chi connectivity index (χ3n) is 4.16. The predicted octanol–water partition coefficient (Wildman–Crippen LogP) is 3.39. The third kappa shape index (κ3) is 3.72. The summed E-state index contributed by atoms with van der Waals surface area (Å²) in [5.74, 6) is 1.31. The van der Waals surface area contributed by atoms with Crippen molar-refractivity contribution in [3.8, 4) is 11.4 Å². The lowest BCUT2D eigenvalue weighted by atomic mass is 10.1. The summed E-state index contributed by atoms with van der Waals surface area (Å²) in [6.07, 6.45) is 1.66. The van der Waals surface area contributed by atoms with Gasteiger partial charge in [-0.05, 0) is 33.8 Å². The zero-order chi connectivity index (χ0) is 17.7. The van der Waals surface area contributed by atoms with E-state index < -0.39 is 0 Å². The van der Waals surface area contributed by atoms with E-state index in [0.29, 0.717) is 23.8 Å². The van der Waals surface area contributed by atoms with Crippen LogP contribution in [0.15, 0.2) is 30.5 Å². The van der Waals surface area contributed by atoms with Crippen LogP contribution in [-0.2, 0) is 0 Å². The van der Waals surface area contributed by atoms with E-state index in [0.717, 1.165) is 24.2 Å². The molecule has 5 heteroatoms. The Kier molecular flexibility index (Phi) is 5.90. The molecule has 0 N–H and O–H groups in total. The van der Waals surface area contributed by atoms with Crippen LogP contribution in [-0.4, -0.2) is 47.5 Å². The Labute approximate surface area is 144 Å². The molecule has 0 unspecified atom stereocenters. The van der Waals surface area contributed by atoms with Crippen LogP contribution in [0.25, 0.3) is 11.4 Å². The lowest BCUT2D eigenvalue weighted by Gasteiger charge is -2.24. The molecule has 0 radical (unpaired) electrons. The number of amides is 1. The zero-order valence-corrected chi connectivity index (χ0v) is 15.2. The standard InChI is InChI=1S/C19H26N4O/c1-6-22(5)19(24)16-13-20-17(15-11-9-10-14(4)12-15)21-18(16)23(7-2)8-3/h9-13H,6-8H2,1-5H3. The molecule has 1 amide bonds. The largest absolute Gasteiger partial charge is 0.356 e. The van der Waals surface area contributed by atoms with E-state index in [9.17, 15) is 4.79 Å². The molecule has 0 saturated carbocycles. The first-order valence-electron chi connectivity index (χ1n) is 8.46. The van der Waals surface area contributed by atoms with Crippen LogP contribution in [0.5, 0.6) is 0 Å². The van der Waals surface area contributed by atoms with E-state index >= 15 is 0 Å². The van der Waals surface area contributed by atoms with E-state index in [1.165, 1.54) is 0 Å². The molecule has 0 saturated heterocycles. The molecule has 0 spiro atoms. The second-order valence-electron chi connectivity index (χ2n) is 5.79. The fraction of sp³-hybridized carbons (Fsp3) is 0.421. The summed E-state index contributed by atoms with van der Waals surface area (Å²) in [7, 11) is 1.79. The lowest BCUT2D eigenvalue weighted by Crippen LogP contribution is -2.31. The van der Waals surface area contributed by atoms with Gasteiger partial charge in [0.2, 0.25) is 0 Å². The first-order chi connectivity index (χ1) is 11.5. The van der Waals surface area contributed by atoms with Crippen LogP contribution >= 0.6 is 0 Å². The van der Waals surface area contributed by atoms with Crippen molar-refractivity contribution in [1.29, 1.82) is 0 Å². The van der Waals surface area contributed by atoms with Gasteiger partial charge in [-0.3, -0.25) is 4.79 Å². The van der Waals surface area contributed by atoms with Gasteiger partial charge in [-0.15, -0.1) is 0 Å². The Bertz CT molecular complexity index is 710. The van der Waals surface area contributed by atoms with Crippen molar-refractivity contribution in [2.75, 3.05) is 31.6 Å². The molecule has 0 bridgehead atoms. The Morgan fingerprint density at radius 3 is 2.42 bits per heavy atom. The highest BCUT2D eigenvalue weighted by Crippen LogP contribution is 2.24. The van der Waals surface area contributed by atoms with Crippen LogP contribution in [0.4, 0.5) is 5.82 Å². The quantitative estimate of drug-likeness (QED) is 0.816. The van der Waals surface area contributed by atoms with Gasteiger partial charge in [-0.1, -0.05) is 23.8 Å². The number of carbonyl (C=O) groups is 1. The molecule has 0 aliphatic rings. The number of rotatable bonds is 6. The summed E-state index contributed by atoms with van der Waals surface area (Å²) in [6, 6.07) is 8.09. The minimum absolute atomic E-state index is 0.0461. The van der Waals surface area contributed by atoms with Crippen LogP contribution in [0.1, 0.15) is 36.7 Å². The van der Waals surface area contributed by atoms with E-state index in [-0.39, 0.29) is 5.91 Å². The molecular weight excluding hydrogens is 300 g/mol. The first kappa shape index (κ1) is 17.9. The fourth-order valence-corrected chi connectivity index (χ4v) is 2.56. The van der Waals surface area contributed by atoms with Crippen LogP contribution in [0, 0.1) is 6.92 Å². The second-order valence-corrected chi connectivity index (χ2v) is 5.79. The van der Waals surface area contributed by atoms with Gasteiger partial charge in [0.05, 0.1) is 0 Å². The van der Waals surface area contributed by atoms with E-state index in [1.807, 2.05) is 32.0 Å². The Morgan fingerprint density at radius 1 is 1.12 bits per heavy atom. The molecule has 1 heterocycles. The van der Waals surface area contributed by atoms with Gasteiger partial charge in [-0.25, -0.2) is 9.97 Å². The molecular formula is C19H26N4O. The van der Waals surface area contributed by atoms with Gasteiger partial charge in [0.25, 0.3) is 5.91 Å². The molecule has 0 atom stereocenters. The Balaban J connectivity index is 2.55. The Hall–Kier alpha value is -2.43. The van der Waals surface area contributed by atoms with Crippen molar-refractivity contribution in [3.63, 3.8) is 0 Å². The number of aryl methyl sites for hydroxylation is 1. The van der Waals surface area contributed by atoms with Gasteiger partial charge in [0.1, 0.15) is 11.4 Å². The highest BCUT2D eigenvalue weighted by Gasteiger charge is 2.21. The molecule has 2 aromatic rings. The number of nitrogens with zero attached hydrogens (tertiary/aromatic N) is 4. The Morgan fingerprint density at radius 2 is 1.83 bits per heavy atom. The van der Waals surface area contributed by atoms with Crippen LogP contribution in [0.3, 0.4) is 0 Å². The van der Waals surface area contributed by atoms with Gasteiger partial charge < -0.3 is 9.80 Å². The molecule has 0 aliphatic carbocycles. The fourth-order valence-electron chi connectivity index (χ4n) is 2.56. The minimum atomic E-state index is -0.0461. The van der Waals surface area contributed by atoms with Crippen molar-refractivity contribution in [1.82, 2.24) is 14.9 Å². The lowest BCUT2D eigenvalue weighted by molar-refractivity contribution is 0.0802. The van der Waals surface area contributed by atoms with Crippen LogP contribution < -0.4 is 4.90 Å². The maximum absolute atomic E-state index is 12.7. The molecule has 0 fully saturated rings. The highest BCUT2D eigenvalue weighted by molar-refractivity contribution is 5.98. The smallest absolute Gasteiger partial charge is 0.258 e. The summed E-state index contributed by atoms with van der Waals surface area (Å²) >= 11 is 0. The molecule has 1 aromatic heterocycles. The molecule has 5 nitrogen and oxygen atoms in total. The van der Waals surface area contributed by atoms with Crippen molar-refractivity contribution >= 4 is 11.7 Å². The van der Waals surface area contributed by atoms with Crippen LogP contribution in [0.2, 0.25) is 0 Å². The second kappa shape index (κ2) is 7.90. The van der Waals surface area contributed by atoms with Gasteiger partial charge in [-0.2, -0.15) is 0 Å².